The predicted molar refractivity (Wildman–Crippen MR) is 67.1 cm³/mol. The molecule has 0 bridgehead atoms. The SMILES string of the molecule is CC(C)CC(NC1CCOC(C)(C)C1)C(=O)O. The first-order valence-corrected chi connectivity index (χ1v) is 6.43. The van der Waals surface area contributed by atoms with Crippen LogP contribution in [0.15, 0.2) is 0 Å². The summed E-state index contributed by atoms with van der Waals surface area (Å²) in [5.74, 6) is -0.362. The Balaban J connectivity index is 2.52. The number of carboxylic acids is 1. The summed E-state index contributed by atoms with van der Waals surface area (Å²) in [4.78, 5) is 11.2. The van der Waals surface area contributed by atoms with Gasteiger partial charge >= 0.3 is 5.97 Å². The monoisotopic (exact) mass is 243 g/mol. The average Bonchev–Trinajstić information content (AvgIpc) is 2.14. The highest BCUT2D eigenvalue weighted by Gasteiger charge is 2.31. The molecule has 17 heavy (non-hydrogen) atoms. The smallest absolute Gasteiger partial charge is 0.320 e. The first-order valence-electron chi connectivity index (χ1n) is 6.43. The summed E-state index contributed by atoms with van der Waals surface area (Å²) in [6.07, 6.45) is 2.44. The summed E-state index contributed by atoms with van der Waals surface area (Å²) in [5.41, 5.74) is -0.142. The lowest BCUT2D eigenvalue weighted by atomic mass is 9.92. The molecule has 0 amide bonds. The zero-order chi connectivity index (χ0) is 13.1. The molecule has 0 aromatic carbocycles. The summed E-state index contributed by atoms with van der Waals surface area (Å²) in [7, 11) is 0. The first-order chi connectivity index (χ1) is 7.80. The lowest BCUT2D eigenvalue weighted by molar-refractivity contribution is -0.141. The fraction of sp³-hybridized carbons (Fsp3) is 0.923. The highest BCUT2D eigenvalue weighted by Crippen LogP contribution is 2.24. The van der Waals surface area contributed by atoms with Crippen LogP contribution in [-0.2, 0) is 9.53 Å². The van der Waals surface area contributed by atoms with Crippen LogP contribution < -0.4 is 5.32 Å². The minimum absolute atomic E-state index is 0.142. The van der Waals surface area contributed by atoms with E-state index in [-0.39, 0.29) is 11.6 Å². The quantitative estimate of drug-likeness (QED) is 0.775. The van der Waals surface area contributed by atoms with E-state index in [2.05, 4.69) is 19.2 Å². The molecule has 2 N–H and O–H groups in total. The van der Waals surface area contributed by atoms with Gasteiger partial charge in [-0.15, -0.1) is 0 Å². The topological polar surface area (TPSA) is 58.6 Å². The lowest BCUT2D eigenvalue weighted by Gasteiger charge is -2.37. The van der Waals surface area contributed by atoms with Gasteiger partial charge in [-0.2, -0.15) is 0 Å². The van der Waals surface area contributed by atoms with Crippen LogP contribution in [0.3, 0.4) is 0 Å². The van der Waals surface area contributed by atoms with Crippen LogP contribution in [-0.4, -0.2) is 35.4 Å². The van der Waals surface area contributed by atoms with Gasteiger partial charge < -0.3 is 15.2 Å². The molecule has 1 fully saturated rings. The third kappa shape index (κ3) is 5.04. The molecule has 0 aromatic heterocycles. The van der Waals surface area contributed by atoms with Gasteiger partial charge in [0.15, 0.2) is 0 Å². The van der Waals surface area contributed by atoms with Gasteiger partial charge in [0.2, 0.25) is 0 Å². The van der Waals surface area contributed by atoms with E-state index >= 15 is 0 Å². The van der Waals surface area contributed by atoms with Gasteiger partial charge in [-0.25, -0.2) is 0 Å². The maximum atomic E-state index is 11.2. The Kier molecular flexibility index (Phi) is 4.95. The van der Waals surface area contributed by atoms with E-state index in [0.717, 1.165) is 12.8 Å². The number of carbonyl (C=O) groups is 1. The molecule has 1 rings (SSSR count). The van der Waals surface area contributed by atoms with Crippen LogP contribution in [0.25, 0.3) is 0 Å². The van der Waals surface area contributed by atoms with Crippen molar-refractivity contribution >= 4 is 5.97 Å². The molecule has 2 atom stereocenters. The summed E-state index contributed by atoms with van der Waals surface area (Å²) < 4.78 is 5.63. The lowest BCUT2D eigenvalue weighted by Crippen LogP contribution is -2.50. The first kappa shape index (κ1) is 14.5. The maximum Gasteiger partial charge on any atom is 0.320 e. The number of hydrogen-bond donors (Lipinski definition) is 2. The van der Waals surface area contributed by atoms with Gasteiger partial charge in [0.25, 0.3) is 0 Å². The number of ether oxygens (including phenoxy) is 1. The Morgan fingerprint density at radius 2 is 2.18 bits per heavy atom. The van der Waals surface area contributed by atoms with Gasteiger partial charge in [-0.1, -0.05) is 13.8 Å². The van der Waals surface area contributed by atoms with Crippen molar-refractivity contribution in [2.75, 3.05) is 6.61 Å². The molecule has 100 valence electrons. The zero-order valence-corrected chi connectivity index (χ0v) is 11.3. The number of aliphatic carboxylic acids is 1. The predicted octanol–water partition coefficient (Wildman–Crippen LogP) is 2.03. The van der Waals surface area contributed by atoms with Crippen LogP contribution in [0.2, 0.25) is 0 Å². The normalized spacial score (nSPS) is 25.8. The van der Waals surface area contributed by atoms with Crippen LogP contribution in [0.5, 0.6) is 0 Å². The Bertz CT molecular complexity index is 263. The Hall–Kier alpha value is -0.610. The number of nitrogens with one attached hydrogen (secondary N) is 1. The minimum Gasteiger partial charge on any atom is -0.480 e. The van der Waals surface area contributed by atoms with E-state index in [1.54, 1.807) is 0 Å². The van der Waals surface area contributed by atoms with Crippen LogP contribution in [0, 0.1) is 5.92 Å². The van der Waals surface area contributed by atoms with Crippen molar-refractivity contribution in [2.45, 2.75) is 64.6 Å². The van der Waals surface area contributed by atoms with Gasteiger partial charge in [-0.3, -0.25) is 4.79 Å². The average molecular weight is 243 g/mol. The van der Waals surface area contributed by atoms with Crippen molar-refractivity contribution in [3.63, 3.8) is 0 Å². The van der Waals surface area contributed by atoms with E-state index < -0.39 is 12.0 Å². The second-order valence-electron chi connectivity index (χ2n) is 5.98. The van der Waals surface area contributed by atoms with Gasteiger partial charge in [-0.05, 0) is 39.0 Å². The number of carboxylic acid groups (broad SMARTS) is 1. The maximum absolute atomic E-state index is 11.2. The van der Waals surface area contributed by atoms with Crippen LogP contribution in [0.4, 0.5) is 0 Å². The largest absolute Gasteiger partial charge is 0.480 e. The summed E-state index contributed by atoms with van der Waals surface area (Å²) in [5, 5.41) is 12.5. The molecule has 1 aliphatic rings. The highest BCUT2D eigenvalue weighted by molar-refractivity contribution is 5.73. The minimum atomic E-state index is -0.747. The van der Waals surface area contributed by atoms with E-state index in [9.17, 15) is 9.90 Å². The molecule has 0 spiro atoms. The third-order valence-corrected chi connectivity index (χ3v) is 3.14. The Morgan fingerprint density at radius 3 is 2.65 bits per heavy atom. The fourth-order valence-corrected chi connectivity index (χ4v) is 2.37. The number of hydrogen-bond acceptors (Lipinski definition) is 3. The highest BCUT2D eigenvalue weighted by atomic mass is 16.5. The summed E-state index contributed by atoms with van der Waals surface area (Å²) in [6.45, 7) is 8.91. The fourth-order valence-electron chi connectivity index (χ4n) is 2.37. The molecule has 0 aliphatic carbocycles. The molecule has 0 radical (unpaired) electrons. The molecule has 1 saturated heterocycles. The molecule has 0 saturated carbocycles. The van der Waals surface area contributed by atoms with Crippen molar-refractivity contribution in [3.05, 3.63) is 0 Å². The van der Waals surface area contributed by atoms with Gasteiger partial charge in [0, 0.05) is 12.6 Å². The Labute approximate surface area is 104 Å². The molecule has 0 aromatic rings. The van der Waals surface area contributed by atoms with E-state index in [1.807, 2.05) is 13.8 Å². The third-order valence-electron chi connectivity index (χ3n) is 3.14. The number of rotatable bonds is 5. The summed E-state index contributed by atoms with van der Waals surface area (Å²) in [6, 6.07) is -0.188. The molecule has 2 unspecified atom stereocenters. The second kappa shape index (κ2) is 5.83. The van der Waals surface area contributed by atoms with E-state index in [1.165, 1.54) is 0 Å². The van der Waals surface area contributed by atoms with Crippen molar-refractivity contribution in [1.82, 2.24) is 5.32 Å². The van der Waals surface area contributed by atoms with Crippen LogP contribution >= 0.6 is 0 Å². The van der Waals surface area contributed by atoms with Gasteiger partial charge in [0.05, 0.1) is 5.60 Å². The molecule has 4 heteroatoms. The standard InChI is InChI=1S/C13H25NO3/c1-9(2)7-11(12(15)16)14-10-5-6-17-13(3,4)8-10/h9-11,14H,5-8H2,1-4H3,(H,15,16). The van der Waals surface area contributed by atoms with Gasteiger partial charge in [0.1, 0.15) is 6.04 Å². The molecule has 1 heterocycles. The summed E-state index contributed by atoms with van der Waals surface area (Å²) >= 11 is 0. The van der Waals surface area contributed by atoms with Crippen molar-refractivity contribution in [2.24, 2.45) is 5.92 Å². The van der Waals surface area contributed by atoms with E-state index in [4.69, 9.17) is 4.74 Å². The second-order valence-corrected chi connectivity index (χ2v) is 5.98. The van der Waals surface area contributed by atoms with Crippen molar-refractivity contribution < 1.29 is 14.6 Å². The van der Waals surface area contributed by atoms with E-state index in [0.29, 0.717) is 18.9 Å². The molecular weight excluding hydrogens is 218 g/mol. The van der Waals surface area contributed by atoms with Crippen molar-refractivity contribution in [3.8, 4) is 0 Å². The molecular formula is C13H25NO3. The van der Waals surface area contributed by atoms with Crippen molar-refractivity contribution in [1.29, 1.82) is 0 Å². The molecule has 1 aliphatic heterocycles. The zero-order valence-electron chi connectivity index (χ0n) is 11.3. The van der Waals surface area contributed by atoms with Crippen LogP contribution in [0.1, 0.15) is 47.0 Å². The molecule has 4 nitrogen and oxygen atoms in total. The Morgan fingerprint density at radius 1 is 1.53 bits per heavy atom.